The summed E-state index contributed by atoms with van der Waals surface area (Å²) in [6.07, 6.45) is 0.615. The molecule has 3 unspecified atom stereocenters. The molecule has 1 aliphatic rings. The summed E-state index contributed by atoms with van der Waals surface area (Å²) >= 11 is 0. The molecule has 5 heteroatoms. The Labute approximate surface area is 132 Å². The Morgan fingerprint density at radius 3 is 3.05 bits per heavy atom. The molecule has 1 aliphatic heterocycles. The summed E-state index contributed by atoms with van der Waals surface area (Å²) in [5.41, 5.74) is 0.992. The maximum absolute atomic E-state index is 12.2. The fraction of sp³-hybridized carbons (Fsp3) is 0.588. The van der Waals surface area contributed by atoms with Crippen molar-refractivity contribution in [1.82, 2.24) is 10.6 Å². The first-order valence-electron chi connectivity index (χ1n) is 7.85. The second-order valence-electron chi connectivity index (χ2n) is 5.89. The quantitative estimate of drug-likeness (QED) is 0.840. The van der Waals surface area contributed by atoms with E-state index in [2.05, 4.69) is 17.6 Å². The van der Waals surface area contributed by atoms with E-state index in [-0.39, 0.29) is 11.9 Å². The van der Waals surface area contributed by atoms with Crippen LogP contribution in [0, 0.1) is 5.92 Å². The lowest BCUT2D eigenvalue weighted by atomic mass is 9.95. The molecule has 1 saturated heterocycles. The van der Waals surface area contributed by atoms with Crippen molar-refractivity contribution in [3.63, 3.8) is 0 Å². The van der Waals surface area contributed by atoms with Crippen molar-refractivity contribution in [3.8, 4) is 5.75 Å². The van der Waals surface area contributed by atoms with Crippen LogP contribution in [-0.2, 0) is 16.1 Å². The summed E-state index contributed by atoms with van der Waals surface area (Å²) in [6.45, 7) is 6.21. The molecule has 0 spiro atoms. The van der Waals surface area contributed by atoms with Crippen LogP contribution in [0.1, 0.15) is 25.8 Å². The third-order valence-corrected chi connectivity index (χ3v) is 4.16. The molecule has 2 rings (SSSR count). The van der Waals surface area contributed by atoms with Gasteiger partial charge in [0.05, 0.1) is 13.7 Å². The van der Waals surface area contributed by atoms with E-state index in [0.29, 0.717) is 12.5 Å². The number of ether oxygens (including phenoxy) is 2. The van der Waals surface area contributed by atoms with E-state index in [1.165, 1.54) is 0 Å². The summed E-state index contributed by atoms with van der Waals surface area (Å²) in [5.74, 6) is 1.24. The highest BCUT2D eigenvalue weighted by Gasteiger charge is 2.24. The van der Waals surface area contributed by atoms with Crippen molar-refractivity contribution < 1.29 is 14.3 Å². The molecule has 22 heavy (non-hydrogen) atoms. The maximum Gasteiger partial charge on any atom is 0.249 e. The zero-order chi connectivity index (χ0) is 15.9. The molecule has 0 saturated carbocycles. The largest absolute Gasteiger partial charge is 0.497 e. The number of nitrogens with one attached hydrogen (secondary N) is 2. The number of rotatable bonds is 6. The van der Waals surface area contributed by atoms with Gasteiger partial charge in [-0.3, -0.25) is 4.79 Å². The van der Waals surface area contributed by atoms with Crippen LogP contribution in [0.3, 0.4) is 0 Å². The monoisotopic (exact) mass is 306 g/mol. The van der Waals surface area contributed by atoms with Crippen molar-refractivity contribution >= 4 is 5.91 Å². The van der Waals surface area contributed by atoms with Crippen LogP contribution in [0.2, 0.25) is 0 Å². The number of piperidine rings is 1. The van der Waals surface area contributed by atoms with Crippen LogP contribution in [0.4, 0.5) is 0 Å². The zero-order valence-electron chi connectivity index (χ0n) is 13.6. The van der Waals surface area contributed by atoms with E-state index in [1.54, 1.807) is 14.0 Å². The Morgan fingerprint density at radius 1 is 1.50 bits per heavy atom. The Bertz CT molecular complexity index is 493. The van der Waals surface area contributed by atoms with Crippen LogP contribution >= 0.6 is 0 Å². The van der Waals surface area contributed by atoms with Crippen molar-refractivity contribution in [2.24, 2.45) is 5.92 Å². The molecule has 1 amide bonds. The predicted octanol–water partition coefficient (Wildman–Crippen LogP) is 1.71. The molecule has 2 N–H and O–H groups in total. The van der Waals surface area contributed by atoms with Gasteiger partial charge in [0.15, 0.2) is 0 Å². The van der Waals surface area contributed by atoms with Crippen LogP contribution in [0.5, 0.6) is 5.75 Å². The molecule has 5 nitrogen and oxygen atoms in total. The van der Waals surface area contributed by atoms with E-state index in [1.807, 2.05) is 24.3 Å². The first-order chi connectivity index (χ1) is 10.6. The molecule has 3 atom stereocenters. The molecule has 1 aromatic carbocycles. The molecular weight excluding hydrogens is 280 g/mol. The maximum atomic E-state index is 12.2. The van der Waals surface area contributed by atoms with Gasteiger partial charge >= 0.3 is 0 Å². The van der Waals surface area contributed by atoms with Crippen molar-refractivity contribution in [1.29, 1.82) is 0 Å². The van der Waals surface area contributed by atoms with Crippen LogP contribution in [0.15, 0.2) is 24.3 Å². The summed E-state index contributed by atoms with van der Waals surface area (Å²) in [4.78, 5) is 12.2. The number of benzene rings is 1. The lowest BCUT2D eigenvalue weighted by molar-refractivity contribution is -0.133. The van der Waals surface area contributed by atoms with Gasteiger partial charge in [-0.15, -0.1) is 0 Å². The van der Waals surface area contributed by atoms with E-state index in [9.17, 15) is 4.79 Å². The number of carbonyl (C=O) groups is 1. The van der Waals surface area contributed by atoms with Gasteiger partial charge in [-0.1, -0.05) is 19.1 Å². The molecule has 0 radical (unpaired) electrons. The standard InChI is InChI=1S/C17H26N2O3/c1-12-7-8-18-10-16(12)19-17(20)13(2)22-11-14-5-4-6-15(9-14)21-3/h4-6,9,12-13,16,18H,7-8,10-11H2,1-3H3,(H,19,20). The topological polar surface area (TPSA) is 59.6 Å². The second kappa shape index (κ2) is 8.15. The molecule has 1 aromatic rings. The fourth-order valence-corrected chi connectivity index (χ4v) is 2.54. The van der Waals surface area contributed by atoms with Crippen molar-refractivity contribution in [2.45, 2.75) is 39.0 Å². The smallest absolute Gasteiger partial charge is 0.249 e. The van der Waals surface area contributed by atoms with Gasteiger partial charge in [-0.2, -0.15) is 0 Å². The van der Waals surface area contributed by atoms with Gasteiger partial charge in [0, 0.05) is 12.6 Å². The van der Waals surface area contributed by atoms with Gasteiger partial charge in [-0.25, -0.2) is 0 Å². The lowest BCUT2D eigenvalue weighted by Gasteiger charge is -2.31. The normalized spacial score (nSPS) is 22.9. The minimum Gasteiger partial charge on any atom is -0.497 e. The highest BCUT2D eigenvalue weighted by atomic mass is 16.5. The average molecular weight is 306 g/mol. The number of hydrogen-bond donors (Lipinski definition) is 2. The van der Waals surface area contributed by atoms with Crippen LogP contribution in [-0.4, -0.2) is 38.3 Å². The number of amides is 1. The molecule has 0 aromatic heterocycles. The summed E-state index contributed by atoms with van der Waals surface area (Å²) in [6, 6.07) is 7.86. The van der Waals surface area contributed by atoms with Gasteiger partial charge in [0.2, 0.25) is 5.91 Å². The lowest BCUT2D eigenvalue weighted by Crippen LogP contribution is -2.52. The zero-order valence-corrected chi connectivity index (χ0v) is 13.6. The Morgan fingerprint density at radius 2 is 2.32 bits per heavy atom. The molecular formula is C17H26N2O3. The van der Waals surface area contributed by atoms with E-state index < -0.39 is 6.10 Å². The van der Waals surface area contributed by atoms with Gasteiger partial charge in [0.25, 0.3) is 0 Å². The fourth-order valence-electron chi connectivity index (χ4n) is 2.54. The summed E-state index contributed by atoms with van der Waals surface area (Å²) < 4.78 is 10.9. The van der Waals surface area contributed by atoms with Gasteiger partial charge in [0.1, 0.15) is 11.9 Å². The second-order valence-corrected chi connectivity index (χ2v) is 5.89. The first-order valence-corrected chi connectivity index (χ1v) is 7.85. The summed E-state index contributed by atoms with van der Waals surface area (Å²) in [5, 5.41) is 6.39. The SMILES string of the molecule is COc1cccc(COC(C)C(=O)NC2CNCCC2C)c1. The highest BCUT2D eigenvalue weighted by molar-refractivity contribution is 5.80. The minimum absolute atomic E-state index is 0.0524. The number of hydrogen-bond acceptors (Lipinski definition) is 4. The van der Waals surface area contributed by atoms with Crippen molar-refractivity contribution in [2.75, 3.05) is 20.2 Å². The molecule has 0 aliphatic carbocycles. The minimum atomic E-state index is -0.472. The predicted molar refractivity (Wildman–Crippen MR) is 85.8 cm³/mol. The third kappa shape index (κ3) is 4.71. The molecule has 1 fully saturated rings. The van der Waals surface area contributed by atoms with E-state index in [0.717, 1.165) is 30.8 Å². The Kier molecular flexibility index (Phi) is 6.21. The molecule has 0 bridgehead atoms. The highest BCUT2D eigenvalue weighted by Crippen LogP contribution is 2.14. The molecule has 122 valence electrons. The third-order valence-electron chi connectivity index (χ3n) is 4.16. The Balaban J connectivity index is 1.80. The van der Waals surface area contributed by atoms with E-state index in [4.69, 9.17) is 9.47 Å². The first kappa shape index (κ1) is 16.8. The van der Waals surface area contributed by atoms with Gasteiger partial charge < -0.3 is 20.1 Å². The van der Waals surface area contributed by atoms with Crippen LogP contribution in [0.25, 0.3) is 0 Å². The average Bonchev–Trinajstić information content (AvgIpc) is 2.54. The van der Waals surface area contributed by atoms with Crippen molar-refractivity contribution in [3.05, 3.63) is 29.8 Å². The number of methoxy groups -OCH3 is 1. The Hall–Kier alpha value is -1.59. The molecule has 1 heterocycles. The summed E-state index contributed by atoms with van der Waals surface area (Å²) in [7, 11) is 1.63. The number of carbonyl (C=O) groups excluding carboxylic acids is 1. The van der Waals surface area contributed by atoms with Crippen LogP contribution < -0.4 is 15.4 Å². The van der Waals surface area contributed by atoms with Gasteiger partial charge in [-0.05, 0) is 43.5 Å². The van der Waals surface area contributed by atoms with E-state index >= 15 is 0 Å².